The normalized spacial score (nSPS) is 17.9. The van der Waals surface area contributed by atoms with Gasteiger partial charge in [0, 0.05) is 25.4 Å². The number of pyridine rings is 1. The fraction of sp³-hybridized carbons (Fsp3) is 0.600. The van der Waals surface area contributed by atoms with Crippen LogP contribution in [-0.2, 0) is 15.0 Å². The summed E-state index contributed by atoms with van der Waals surface area (Å²) in [4.78, 5) is 15.7. The van der Waals surface area contributed by atoms with E-state index in [4.69, 9.17) is 21.5 Å². The van der Waals surface area contributed by atoms with Crippen molar-refractivity contribution in [3.63, 3.8) is 0 Å². The van der Waals surface area contributed by atoms with Crippen molar-refractivity contribution >= 4 is 27.7 Å². The van der Waals surface area contributed by atoms with Gasteiger partial charge in [-0.15, -0.1) is 0 Å². The van der Waals surface area contributed by atoms with Crippen LogP contribution in [0.4, 0.5) is 0 Å². The van der Waals surface area contributed by atoms with Gasteiger partial charge in [-0.2, -0.15) is 17.4 Å². The van der Waals surface area contributed by atoms with Crippen LogP contribution in [0, 0.1) is 5.92 Å². The van der Waals surface area contributed by atoms with Crippen LogP contribution in [0.3, 0.4) is 0 Å². The van der Waals surface area contributed by atoms with Crippen molar-refractivity contribution in [3.05, 3.63) is 23.4 Å². The zero-order valence-corrected chi connectivity index (χ0v) is 16.1. The van der Waals surface area contributed by atoms with Gasteiger partial charge in [-0.1, -0.05) is 25.4 Å². The molecule has 1 atom stereocenters. The van der Waals surface area contributed by atoms with Crippen LogP contribution in [0.5, 0.6) is 5.88 Å². The van der Waals surface area contributed by atoms with E-state index >= 15 is 0 Å². The Hall–Kier alpha value is -1.46. The molecule has 26 heavy (non-hydrogen) atoms. The Kier molecular flexibility index (Phi) is 7.18. The number of amides is 1. The van der Waals surface area contributed by atoms with E-state index in [1.165, 1.54) is 16.0 Å². The van der Waals surface area contributed by atoms with Crippen LogP contribution >= 0.6 is 11.6 Å². The maximum absolute atomic E-state index is 12.5. The summed E-state index contributed by atoms with van der Waals surface area (Å²) in [5, 5.41) is 9.28. The number of halogens is 1. The molecule has 3 N–H and O–H groups in total. The Labute approximate surface area is 157 Å². The van der Waals surface area contributed by atoms with Gasteiger partial charge in [0.1, 0.15) is 12.1 Å². The molecule has 2 heterocycles. The summed E-state index contributed by atoms with van der Waals surface area (Å²) in [5.41, 5.74) is 1.49. The highest BCUT2D eigenvalue weighted by atomic mass is 35.5. The fourth-order valence-electron chi connectivity index (χ4n) is 2.59. The Morgan fingerprint density at radius 2 is 2.04 bits per heavy atom. The van der Waals surface area contributed by atoms with Crippen molar-refractivity contribution in [1.82, 2.24) is 19.5 Å². The number of hydrogen-bond donors (Lipinski definition) is 3. The van der Waals surface area contributed by atoms with E-state index in [-0.39, 0.29) is 25.1 Å². The van der Waals surface area contributed by atoms with Crippen LogP contribution in [-0.4, -0.2) is 54.1 Å². The van der Waals surface area contributed by atoms with Crippen molar-refractivity contribution in [2.24, 2.45) is 5.92 Å². The first kappa shape index (κ1) is 20.8. The van der Waals surface area contributed by atoms with Crippen molar-refractivity contribution < 1.29 is 23.2 Å². The lowest BCUT2D eigenvalue weighted by molar-refractivity contribution is -0.131. The maximum Gasteiger partial charge on any atom is 0.280 e. The summed E-state index contributed by atoms with van der Waals surface area (Å²) in [5.74, 6) is -0.683. The molecular weight excluding hydrogens is 384 g/mol. The average molecular weight is 407 g/mol. The number of ether oxygens (including phenoxy) is 1. The summed E-state index contributed by atoms with van der Waals surface area (Å²) >= 11 is 5.78. The largest absolute Gasteiger partial charge is 0.474 e. The molecule has 0 unspecified atom stereocenters. The van der Waals surface area contributed by atoms with Gasteiger partial charge >= 0.3 is 0 Å². The number of piperidine rings is 1. The van der Waals surface area contributed by atoms with Gasteiger partial charge in [0.05, 0.1) is 5.02 Å². The zero-order valence-electron chi connectivity index (χ0n) is 14.6. The monoisotopic (exact) mass is 406 g/mol. The summed E-state index contributed by atoms with van der Waals surface area (Å²) in [7, 11) is -3.86. The number of hydroxylamine groups is 1. The molecule has 1 saturated heterocycles. The zero-order chi connectivity index (χ0) is 19.3. The van der Waals surface area contributed by atoms with Crippen molar-refractivity contribution in [2.45, 2.75) is 38.8 Å². The summed E-state index contributed by atoms with van der Waals surface area (Å²) in [6.45, 7) is 3.86. The van der Waals surface area contributed by atoms with E-state index in [0.717, 1.165) is 0 Å². The van der Waals surface area contributed by atoms with Gasteiger partial charge in [-0.3, -0.25) is 10.0 Å². The van der Waals surface area contributed by atoms with Gasteiger partial charge in [0.2, 0.25) is 5.88 Å². The molecule has 146 valence electrons. The highest BCUT2D eigenvalue weighted by Crippen LogP contribution is 2.20. The van der Waals surface area contributed by atoms with Crippen LogP contribution in [0.15, 0.2) is 18.3 Å². The first-order valence-corrected chi connectivity index (χ1v) is 10.0. The molecule has 1 amide bonds. The Balaban J connectivity index is 1.92. The number of hydrogen-bond acceptors (Lipinski definition) is 6. The molecule has 1 aliphatic rings. The molecule has 0 aliphatic carbocycles. The summed E-state index contributed by atoms with van der Waals surface area (Å²) in [6, 6.07) is 2.27. The lowest BCUT2D eigenvalue weighted by Crippen LogP contribution is -2.55. The van der Waals surface area contributed by atoms with E-state index in [1.807, 2.05) is 0 Å². The average Bonchev–Trinajstić information content (AvgIpc) is 2.61. The van der Waals surface area contributed by atoms with E-state index in [9.17, 15) is 13.2 Å². The molecule has 11 heteroatoms. The lowest BCUT2D eigenvalue weighted by atomic mass is 10.1. The van der Waals surface area contributed by atoms with Crippen LogP contribution in [0.1, 0.15) is 26.7 Å². The minimum Gasteiger partial charge on any atom is -0.474 e. The minimum atomic E-state index is -3.86. The number of carbonyl (C=O) groups excluding carboxylic acids is 1. The number of nitrogens with zero attached hydrogens (tertiary/aromatic N) is 2. The lowest BCUT2D eigenvalue weighted by Gasteiger charge is -2.32. The van der Waals surface area contributed by atoms with Gasteiger partial charge < -0.3 is 4.74 Å². The molecule has 1 aromatic rings. The molecule has 1 aliphatic heterocycles. The third-order valence-corrected chi connectivity index (χ3v) is 5.88. The molecular formula is C15H23ClN4O5S. The quantitative estimate of drug-likeness (QED) is 0.457. The third kappa shape index (κ3) is 5.52. The highest BCUT2D eigenvalue weighted by Gasteiger charge is 2.33. The van der Waals surface area contributed by atoms with Gasteiger partial charge in [0.25, 0.3) is 16.1 Å². The van der Waals surface area contributed by atoms with Crippen LogP contribution in [0.25, 0.3) is 0 Å². The molecule has 1 fully saturated rings. The Morgan fingerprint density at radius 3 is 2.54 bits per heavy atom. The SMILES string of the molecule is CC(C)[C@H](NS(=O)(=O)N1CCC(Oc2ccc(Cl)cn2)CC1)C(=O)NO. The Morgan fingerprint density at radius 1 is 1.38 bits per heavy atom. The van der Waals surface area contributed by atoms with E-state index < -0.39 is 22.2 Å². The number of nitrogens with one attached hydrogen (secondary N) is 2. The van der Waals surface area contributed by atoms with Crippen molar-refractivity contribution in [3.8, 4) is 5.88 Å². The van der Waals surface area contributed by atoms with Crippen molar-refractivity contribution in [2.75, 3.05) is 13.1 Å². The number of aromatic nitrogens is 1. The molecule has 0 saturated carbocycles. The molecule has 0 bridgehead atoms. The number of rotatable bonds is 7. The molecule has 2 rings (SSSR count). The van der Waals surface area contributed by atoms with Gasteiger partial charge in [-0.25, -0.2) is 10.5 Å². The standard InChI is InChI=1S/C15H23ClN4O5S/c1-10(2)14(15(21)18-22)19-26(23,24)20-7-5-12(6-8-20)25-13-4-3-11(16)9-17-13/h3-4,9-10,12,14,19,22H,5-8H2,1-2H3,(H,18,21)/t14-/m0/s1. The minimum absolute atomic E-state index is 0.156. The van der Waals surface area contributed by atoms with E-state index in [1.54, 1.807) is 26.0 Å². The van der Waals surface area contributed by atoms with Crippen LogP contribution < -0.4 is 14.9 Å². The number of carbonyl (C=O) groups is 1. The smallest absolute Gasteiger partial charge is 0.280 e. The predicted molar refractivity (Wildman–Crippen MR) is 95.1 cm³/mol. The molecule has 0 radical (unpaired) electrons. The molecule has 0 spiro atoms. The fourth-order valence-corrected chi connectivity index (χ4v) is 4.24. The highest BCUT2D eigenvalue weighted by molar-refractivity contribution is 7.87. The second kappa shape index (κ2) is 8.96. The topological polar surface area (TPSA) is 121 Å². The molecule has 9 nitrogen and oxygen atoms in total. The first-order chi connectivity index (χ1) is 12.2. The summed E-state index contributed by atoms with van der Waals surface area (Å²) < 4.78 is 34.4. The second-order valence-corrected chi connectivity index (χ2v) is 8.49. The van der Waals surface area contributed by atoms with Crippen molar-refractivity contribution in [1.29, 1.82) is 0 Å². The maximum atomic E-state index is 12.5. The first-order valence-electron chi connectivity index (χ1n) is 8.22. The summed E-state index contributed by atoms with van der Waals surface area (Å²) in [6.07, 6.45) is 2.31. The predicted octanol–water partition coefficient (Wildman–Crippen LogP) is 0.943. The molecule has 1 aromatic heterocycles. The van der Waals surface area contributed by atoms with E-state index in [0.29, 0.717) is 23.7 Å². The van der Waals surface area contributed by atoms with Gasteiger partial charge in [-0.05, 0) is 24.8 Å². The van der Waals surface area contributed by atoms with Crippen LogP contribution in [0.2, 0.25) is 5.02 Å². The van der Waals surface area contributed by atoms with Gasteiger partial charge in [0.15, 0.2) is 0 Å². The van der Waals surface area contributed by atoms with E-state index in [2.05, 4.69) is 9.71 Å². The molecule has 0 aromatic carbocycles. The second-order valence-electron chi connectivity index (χ2n) is 6.35. The third-order valence-electron chi connectivity index (χ3n) is 4.06. The Bertz CT molecular complexity index is 705.